The average molecular weight is 657 g/mol. The molecule has 248 valence electrons. The highest BCUT2D eigenvalue weighted by atomic mass is 32.1. The van der Waals surface area contributed by atoms with Crippen LogP contribution in [0.2, 0.25) is 0 Å². The zero-order valence-electron chi connectivity index (χ0n) is 28.0. The van der Waals surface area contributed by atoms with E-state index >= 15 is 0 Å². The number of amides is 3. The van der Waals surface area contributed by atoms with Crippen LogP contribution in [-0.4, -0.2) is 60.1 Å². The van der Waals surface area contributed by atoms with Crippen LogP contribution < -0.4 is 16.0 Å². The van der Waals surface area contributed by atoms with Crippen molar-refractivity contribution < 1.29 is 23.7 Å². The molecule has 9 nitrogen and oxygen atoms in total. The van der Waals surface area contributed by atoms with Crippen molar-refractivity contribution >= 4 is 36.2 Å². The van der Waals surface area contributed by atoms with Crippen LogP contribution in [0.5, 0.6) is 0 Å². The summed E-state index contributed by atoms with van der Waals surface area (Å²) in [5.41, 5.74) is 2.41. The number of thiophene rings is 1. The van der Waals surface area contributed by atoms with Gasteiger partial charge in [-0.25, -0.2) is 0 Å². The maximum Gasteiger partial charge on any atom is 0.481 e. The van der Waals surface area contributed by atoms with Crippen LogP contribution in [0.3, 0.4) is 0 Å². The first-order valence-electron chi connectivity index (χ1n) is 16.6. The van der Waals surface area contributed by atoms with Gasteiger partial charge in [-0.1, -0.05) is 51.5 Å². The van der Waals surface area contributed by atoms with Gasteiger partial charge < -0.3 is 25.3 Å². The van der Waals surface area contributed by atoms with Crippen LogP contribution >= 0.6 is 11.3 Å². The van der Waals surface area contributed by atoms with Gasteiger partial charge in [0.1, 0.15) is 6.04 Å². The Hall–Kier alpha value is -3.54. The molecule has 3 heterocycles. The Bertz CT molecular complexity index is 1610. The van der Waals surface area contributed by atoms with Crippen LogP contribution in [0, 0.1) is 30.1 Å². The maximum absolute atomic E-state index is 14.1. The summed E-state index contributed by atoms with van der Waals surface area (Å²) < 4.78 is 13.3. The first-order chi connectivity index (χ1) is 22.3. The third-order valence-corrected chi connectivity index (χ3v) is 11.5. The number of hydrogen-bond donors (Lipinski definition) is 3. The number of carbonyl (C=O) groups is 3. The molecule has 2 aromatic heterocycles. The van der Waals surface area contributed by atoms with E-state index in [1.54, 1.807) is 35.7 Å². The predicted octanol–water partition coefficient (Wildman–Crippen LogP) is 5.45. The van der Waals surface area contributed by atoms with Gasteiger partial charge in [0.05, 0.1) is 23.2 Å². The Balaban J connectivity index is 1.20. The molecule has 2 bridgehead atoms. The van der Waals surface area contributed by atoms with Gasteiger partial charge in [-0.05, 0) is 85.9 Å². The molecule has 11 heteroatoms. The molecule has 4 fully saturated rings. The second kappa shape index (κ2) is 13.2. The number of rotatable bonds is 11. The number of nitrogens with one attached hydrogen (secondary N) is 3. The number of aryl methyl sites for hydroxylation is 1. The van der Waals surface area contributed by atoms with E-state index in [1.165, 1.54) is 6.20 Å². The van der Waals surface area contributed by atoms with E-state index in [0.717, 1.165) is 28.8 Å². The molecule has 6 atom stereocenters. The fraction of sp³-hybridized carbons (Fsp3) is 0.500. The molecular formula is C36H45BN4O5S. The van der Waals surface area contributed by atoms with E-state index in [-0.39, 0.29) is 29.9 Å². The van der Waals surface area contributed by atoms with E-state index in [9.17, 15) is 14.4 Å². The van der Waals surface area contributed by atoms with E-state index in [1.807, 2.05) is 36.6 Å². The summed E-state index contributed by atoms with van der Waals surface area (Å²) in [6, 6.07) is 11.8. The van der Waals surface area contributed by atoms with Gasteiger partial charge in [0.2, 0.25) is 5.91 Å². The summed E-state index contributed by atoms with van der Waals surface area (Å²) in [4.78, 5) is 46.0. The largest absolute Gasteiger partial charge is 0.481 e. The van der Waals surface area contributed by atoms with E-state index in [0.29, 0.717) is 29.4 Å². The van der Waals surface area contributed by atoms with Crippen molar-refractivity contribution in [2.24, 2.45) is 23.2 Å². The minimum Gasteiger partial charge on any atom is -0.404 e. The highest BCUT2D eigenvalue weighted by Gasteiger charge is 2.68. The monoisotopic (exact) mass is 656 g/mol. The fourth-order valence-electron chi connectivity index (χ4n) is 7.69. The third kappa shape index (κ3) is 6.75. The molecule has 3 N–H and O–H groups in total. The summed E-state index contributed by atoms with van der Waals surface area (Å²) in [7, 11) is -0.614. The zero-order chi connectivity index (χ0) is 33.5. The Labute approximate surface area is 281 Å². The van der Waals surface area contributed by atoms with Gasteiger partial charge >= 0.3 is 7.12 Å². The molecule has 47 heavy (non-hydrogen) atoms. The van der Waals surface area contributed by atoms with Gasteiger partial charge in [-0.3, -0.25) is 19.4 Å². The summed E-state index contributed by atoms with van der Waals surface area (Å²) in [6.45, 7) is 12.8. The third-order valence-electron chi connectivity index (χ3n) is 10.6. The van der Waals surface area contributed by atoms with E-state index < -0.39 is 36.5 Å². The van der Waals surface area contributed by atoms with Crippen molar-refractivity contribution in [1.82, 2.24) is 20.9 Å². The first kappa shape index (κ1) is 33.4. The van der Waals surface area contributed by atoms with Gasteiger partial charge in [0, 0.05) is 34.9 Å². The molecule has 1 aromatic carbocycles. The Morgan fingerprint density at radius 1 is 1.02 bits per heavy atom. The van der Waals surface area contributed by atoms with Crippen LogP contribution in [0.1, 0.15) is 80.2 Å². The lowest BCUT2D eigenvalue weighted by Gasteiger charge is -2.64. The zero-order valence-corrected chi connectivity index (χ0v) is 28.9. The molecule has 4 aliphatic rings. The molecule has 7 rings (SSSR count). The fourth-order valence-corrected chi connectivity index (χ4v) is 8.40. The standard InChI is InChI=1S/C36H45BN4O5S/c1-21(2)14-31(37-45-30-17-26-16-29(35(26,4)5)36(30,6)46-37)41-34(44)27(20-39-32(42)23-11-9-22(3)10-12-23)40-33(43)25-15-24(18-38-19-25)28-8-7-13-47-28/h7-13,15,18-19,21,26-27,29-31H,14,16-17,20H2,1-6H3,(H,39,42)(H,40,43)(H,41,44)/t26-,27+,29-,30-,31+,36+/m1/s1. The highest BCUT2D eigenvalue weighted by molar-refractivity contribution is 7.13. The van der Waals surface area contributed by atoms with Crippen molar-refractivity contribution in [2.75, 3.05) is 6.54 Å². The molecule has 0 unspecified atom stereocenters. The number of benzene rings is 1. The lowest BCUT2D eigenvalue weighted by Crippen LogP contribution is -2.65. The molecular weight excluding hydrogens is 611 g/mol. The average Bonchev–Trinajstić information content (AvgIpc) is 3.70. The lowest BCUT2D eigenvalue weighted by atomic mass is 9.43. The second-order valence-electron chi connectivity index (χ2n) is 14.6. The molecule has 3 amide bonds. The smallest absolute Gasteiger partial charge is 0.404 e. The van der Waals surface area contributed by atoms with Crippen LogP contribution in [-0.2, 0) is 14.1 Å². The van der Waals surface area contributed by atoms with Gasteiger partial charge in [0.25, 0.3) is 11.8 Å². The Kier molecular flexibility index (Phi) is 9.35. The number of hydrogen-bond acceptors (Lipinski definition) is 7. The number of aromatic nitrogens is 1. The van der Waals surface area contributed by atoms with Gasteiger partial charge in [-0.15, -0.1) is 11.3 Å². The van der Waals surface area contributed by atoms with Crippen molar-refractivity contribution in [2.45, 2.75) is 84.5 Å². The first-order valence-corrected chi connectivity index (χ1v) is 17.5. The number of carbonyl (C=O) groups excluding carboxylic acids is 3. The quantitative estimate of drug-likeness (QED) is 0.237. The minimum absolute atomic E-state index is 0.0248. The molecule has 3 saturated carbocycles. The Morgan fingerprint density at radius 2 is 1.79 bits per heavy atom. The lowest BCUT2D eigenvalue weighted by molar-refractivity contribution is -0.199. The SMILES string of the molecule is Cc1ccc(C(=O)NC[C@H](NC(=O)c2cncc(-c3cccs3)c2)C(=O)N[C@@H](CC(C)C)B2O[C@@H]3C[C@H]4C[C@H](C4(C)C)[C@]3(C)O2)cc1. The van der Waals surface area contributed by atoms with E-state index in [4.69, 9.17) is 9.31 Å². The highest BCUT2D eigenvalue weighted by Crippen LogP contribution is 2.65. The summed E-state index contributed by atoms with van der Waals surface area (Å²) in [5.74, 6) is -0.424. The molecule has 0 radical (unpaired) electrons. The minimum atomic E-state index is -1.07. The molecule has 1 saturated heterocycles. The predicted molar refractivity (Wildman–Crippen MR) is 184 cm³/mol. The summed E-state index contributed by atoms with van der Waals surface area (Å²) in [6.07, 6.45) is 5.86. The number of nitrogens with zero attached hydrogens (tertiary/aromatic N) is 1. The van der Waals surface area contributed by atoms with Crippen LogP contribution in [0.25, 0.3) is 10.4 Å². The molecule has 3 aliphatic carbocycles. The molecule has 3 aromatic rings. The van der Waals surface area contributed by atoms with Gasteiger partial charge in [0.15, 0.2) is 0 Å². The summed E-state index contributed by atoms with van der Waals surface area (Å²) >= 11 is 1.55. The number of pyridine rings is 1. The van der Waals surface area contributed by atoms with Crippen molar-refractivity contribution in [3.05, 3.63) is 76.9 Å². The second-order valence-corrected chi connectivity index (χ2v) is 15.6. The van der Waals surface area contributed by atoms with Gasteiger partial charge in [-0.2, -0.15) is 0 Å². The van der Waals surface area contributed by atoms with Crippen molar-refractivity contribution in [1.29, 1.82) is 0 Å². The normalized spacial score (nSPS) is 25.3. The van der Waals surface area contributed by atoms with Crippen molar-refractivity contribution in [3.63, 3.8) is 0 Å². The van der Waals surface area contributed by atoms with Crippen molar-refractivity contribution in [3.8, 4) is 10.4 Å². The summed E-state index contributed by atoms with van der Waals surface area (Å²) in [5, 5.41) is 10.8. The molecule has 1 aliphatic heterocycles. The Morgan fingerprint density at radius 3 is 2.47 bits per heavy atom. The van der Waals surface area contributed by atoms with Crippen LogP contribution in [0.15, 0.2) is 60.2 Å². The topological polar surface area (TPSA) is 119 Å². The van der Waals surface area contributed by atoms with Crippen LogP contribution in [0.4, 0.5) is 0 Å². The molecule has 0 spiro atoms. The maximum atomic E-state index is 14.1. The van der Waals surface area contributed by atoms with E-state index in [2.05, 4.69) is 55.6 Å².